The van der Waals surface area contributed by atoms with Crippen LogP contribution in [0, 0.1) is 0 Å². The van der Waals surface area contributed by atoms with E-state index in [0.29, 0.717) is 5.92 Å². The van der Waals surface area contributed by atoms with Crippen LogP contribution in [0.1, 0.15) is 40.2 Å². The van der Waals surface area contributed by atoms with E-state index in [1.165, 1.54) is 5.56 Å². The van der Waals surface area contributed by atoms with Gasteiger partial charge in [0.25, 0.3) is 0 Å². The number of carbonyl (C=O) groups is 1. The Morgan fingerprint density at radius 1 is 1.04 bits per heavy atom. The molecule has 1 fully saturated rings. The highest BCUT2D eigenvalue weighted by molar-refractivity contribution is 6.10. The Hall–Kier alpha value is -2.59. The highest BCUT2D eigenvalue weighted by Crippen LogP contribution is 2.34. The maximum absolute atomic E-state index is 12.8. The van der Waals surface area contributed by atoms with Crippen LogP contribution in [0.15, 0.2) is 54.7 Å². The Morgan fingerprint density at radius 3 is 2.48 bits per heavy atom. The molecule has 0 radical (unpaired) electrons. The Bertz CT molecular complexity index is 906. The molecule has 2 aromatic carbocycles. The molecule has 4 heteroatoms. The van der Waals surface area contributed by atoms with E-state index >= 15 is 0 Å². The molecule has 1 aromatic heterocycles. The van der Waals surface area contributed by atoms with E-state index < -0.39 is 0 Å². The molecule has 0 unspecified atom stereocenters. The van der Waals surface area contributed by atoms with Crippen molar-refractivity contribution in [2.75, 3.05) is 26.0 Å². The van der Waals surface area contributed by atoms with Crippen LogP contribution in [-0.4, -0.2) is 35.5 Å². The molecule has 0 bridgehead atoms. The zero-order valence-electron chi connectivity index (χ0n) is 14.5. The quantitative estimate of drug-likeness (QED) is 0.590. The fourth-order valence-electron chi connectivity index (χ4n) is 3.82. The van der Waals surface area contributed by atoms with Crippen LogP contribution in [0.5, 0.6) is 0 Å². The lowest BCUT2D eigenvalue weighted by Gasteiger charge is -2.28. The average Bonchev–Trinajstić information content (AvgIpc) is 2.99. The smallest absolute Gasteiger partial charge is 0.193 e. The molecule has 2 heterocycles. The summed E-state index contributed by atoms with van der Waals surface area (Å²) in [6.45, 7) is 2.20. The number of carbonyl (C=O) groups excluding carboxylic acids is 1. The molecular weight excluding hydrogens is 310 g/mol. The Labute approximate surface area is 147 Å². The van der Waals surface area contributed by atoms with Gasteiger partial charge in [-0.2, -0.15) is 0 Å². The van der Waals surface area contributed by atoms with Crippen LogP contribution in [0.3, 0.4) is 0 Å². The summed E-state index contributed by atoms with van der Waals surface area (Å²) in [5.41, 5.74) is 3.70. The fraction of sp³-hybridized carbons (Fsp3) is 0.286. The number of hydrogen-bond acceptors (Lipinski definition) is 3. The molecule has 0 atom stereocenters. The monoisotopic (exact) mass is 333 g/mol. The van der Waals surface area contributed by atoms with E-state index in [1.54, 1.807) is 4.68 Å². The zero-order chi connectivity index (χ0) is 17.4. The van der Waals surface area contributed by atoms with E-state index in [4.69, 9.17) is 5.84 Å². The highest BCUT2D eigenvalue weighted by atomic mass is 16.1. The number of fused-ring (bicyclic) bond motifs is 1. The molecule has 0 saturated carbocycles. The average molecular weight is 333 g/mol. The summed E-state index contributed by atoms with van der Waals surface area (Å²) in [5.74, 6) is 6.73. The van der Waals surface area contributed by atoms with E-state index in [9.17, 15) is 4.79 Å². The minimum absolute atomic E-state index is 0.0570. The summed E-state index contributed by atoms with van der Waals surface area (Å²) in [7, 11) is 2.17. The number of benzene rings is 2. The molecule has 128 valence electrons. The number of piperidine rings is 1. The molecule has 4 nitrogen and oxygen atoms in total. The first-order valence-corrected chi connectivity index (χ1v) is 8.82. The standard InChI is InChI=1S/C21H23N3O/c1-23-11-9-15(10-12-23)19-14-24(22)20-8-7-17(13-18(19)20)21(25)16-5-3-2-4-6-16/h2-8,13-15H,9-12,22H2,1H3. The topological polar surface area (TPSA) is 51.3 Å². The normalized spacial score (nSPS) is 16.4. The molecule has 0 amide bonds. The van der Waals surface area contributed by atoms with Crippen LogP contribution in [0.4, 0.5) is 0 Å². The predicted molar refractivity (Wildman–Crippen MR) is 101 cm³/mol. The summed E-state index contributed by atoms with van der Waals surface area (Å²) in [6.07, 6.45) is 4.30. The van der Waals surface area contributed by atoms with E-state index in [0.717, 1.165) is 48.0 Å². The van der Waals surface area contributed by atoms with E-state index in [2.05, 4.69) is 11.9 Å². The maximum atomic E-state index is 12.8. The third-order valence-corrected chi connectivity index (χ3v) is 5.32. The van der Waals surface area contributed by atoms with Gasteiger partial charge in [0, 0.05) is 22.7 Å². The summed E-state index contributed by atoms with van der Waals surface area (Å²) < 4.78 is 1.69. The first-order chi connectivity index (χ1) is 12.1. The maximum Gasteiger partial charge on any atom is 0.193 e. The summed E-state index contributed by atoms with van der Waals surface area (Å²) in [4.78, 5) is 15.1. The van der Waals surface area contributed by atoms with Crippen LogP contribution in [0.2, 0.25) is 0 Å². The van der Waals surface area contributed by atoms with Crippen molar-refractivity contribution in [1.29, 1.82) is 0 Å². The summed E-state index contributed by atoms with van der Waals surface area (Å²) in [5, 5.41) is 1.11. The molecule has 4 rings (SSSR count). The first-order valence-electron chi connectivity index (χ1n) is 8.82. The van der Waals surface area contributed by atoms with Gasteiger partial charge in [0.2, 0.25) is 0 Å². The zero-order valence-corrected chi connectivity index (χ0v) is 14.5. The third-order valence-electron chi connectivity index (χ3n) is 5.32. The third kappa shape index (κ3) is 2.94. The molecule has 1 aliphatic heterocycles. The number of nitrogens with zero attached hydrogens (tertiary/aromatic N) is 2. The second kappa shape index (κ2) is 6.37. The minimum Gasteiger partial charge on any atom is -0.339 e. The summed E-state index contributed by atoms with van der Waals surface area (Å²) in [6, 6.07) is 15.3. The lowest BCUT2D eigenvalue weighted by Crippen LogP contribution is -2.29. The van der Waals surface area contributed by atoms with Gasteiger partial charge < -0.3 is 10.7 Å². The van der Waals surface area contributed by atoms with Crippen molar-refractivity contribution >= 4 is 16.7 Å². The van der Waals surface area contributed by atoms with Gasteiger partial charge in [-0.25, -0.2) is 0 Å². The van der Waals surface area contributed by atoms with Crippen LogP contribution in [0.25, 0.3) is 10.9 Å². The molecular formula is C21H23N3O. The van der Waals surface area contributed by atoms with Gasteiger partial charge in [0.15, 0.2) is 5.78 Å². The van der Waals surface area contributed by atoms with Gasteiger partial charge in [-0.3, -0.25) is 9.47 Å². The van der Waals surface area contributed by atoms with Crippen molar-refractivity contribution in [3.63, 3.8) is 0 Å². The number of ketones is 1. The molecule has 3 aromatic rings. The van der Waals surface area contributed by atoms with E-state index in [-0.39, 0.29) is 5.78 Å². The van der Waals surface area contributed by atoms with Gasteiger partial charge in [0.05, 0.1) is 5.52 Å². The van der Waals surface area contributed by atoms with Gasteiger partial charge in [0.1, 0.15) is 0 Å². The van der Waals surface area contributed by atoms with Crippen LogP contribution >= 0.6 is 0 Å². The summed E-state index contributed by atoms with van der Waals surface area (Å²) >= 11 is 0. The second-order valence-corrected chi connectivity index (χ2v) is 7.00. The van der Waals surface area contributed by atoms with Gasteiger partial charge in [-0.05, 0) is 62.7 Å². The number of nitrogen functional groups attached to an aromatic ring is 1. The molecule has 0 spiro atoms. The van der Waals surface area contributed by atoms with Gasteiger partial charge in [-0.15, -0.1) is 0 Å². The van der Waals surface area contributed by atoms with Crippen LogP contribution in [-0.2, 0) is 0 Å². The Kier molecular flexibility index (Phi) is 4.06. The largest absolute Gasteiger partial charge is 0.339 e. The first kappa shape index (κ1) is 15.9. The van der Waals surface area contributed by atoms with Crippen LogP contribution < -0.4 is 5.84 Å². The molecule has 2 N–H and O–H groups in total. The van der Waals surface area contributed by atoms with Crippen molar-refractivity contribution in [2.24, 2.45) is 0 Å². The van der Waals surface area contributed by atoms with Gasteiger partial charge >= 0.3 is 0 Å². The number of hydrogen-bond donors (Lipinski definition) is 1. The van der Waals surface area contributed by atoms with Crippen molar-refractivity contribution in [3.05, 3.63) is 71.4 Å². The van der Waals surface area contributed by atoms with Gasteiger partial charge in [-0.1, -0.05) is 30.3 Å². The van der Waals surface area contributed by atoms with E-state index in [1.807, 2.05) is 54.7 Å². The van der Waals surface area contributed by atoms with Crippen molar-refractivity contribution in [3.8, 4) is 0 Å². The number of aromatic nitrogens is 1. The second-order valence-electron chi connectivity index (χ2n) is 7.00. The van der Waals surface area contributed by atoms with Crippen molar-refractivity contribution in [1.82, 2.24) is 9.58 Å². The number of rotatable bonds is 3. The lowest BCUT2D eigenvalue weighted by atomic mass is 9.88. The number of nitrogens with two attached hydrogens (primary N) is 1. The minimum atomic E-state index is 0.0570. The molecule has 1 saturated heterocycles. The molecule has 0 aliphatic carbocycles. The highest BCUT2D eigenvalue weighted by Gasteiger charge is 2.22. The van der Waals surface area contributed by atoms with Crippen molar-refractivity contribution < 1.29 is 4.79 Å². The lowest BCUT2D eigenvalue weighted by molar-refractivity contribution is 0.103. The van der Waals surface area contributed by atoms with Crippen molar-refractivity contribution in [2.45, 2.75) is 18.8 Å². The number of likely N-dealkylation sites (tertiary alicyclic amines) is 1. The SMILES string of the molecule is CN1CCC(c2cn(N)c3ccc(C(=O)c4ccccc4)cc23)CC1. The fourth-order valence-corrected chi connectivity index (χ4v) is 3.82. The predicted octanol–water partition coefficient (Wildman–Crippen LogP) is 3.40. The Morgan fingerprint density at radius 2 is 1.76 bits per heavy atom. The Balaban J connectivity index is 1.74. The molecule has 1 aliphatic rings. The molecule has 25 heavy (non-hydrogen) atoms.